The zero-order valence-corrected chi connectivity index (χ0v) is 15.5. The molecule has 1 aliphatic rings. The van der Waals surface area contributed by atoms with Crippen LogP contribution in [0.3, 0.4) is 0 Å². The van der Waals surface area contributed by atoms with Gasteiger partial charge in [0.25, 0.3) is 5.91 Å². The minimum Gasteiger partial charge on any atom is -0.336 e. The zero-order chi connectivity index (χ0) is 18.0. The van der Waals surface area contributed by atoms with Crippen LogP contribution in [0.5, 0.6) is 0 Å². The average Bonchev–Trinajstić information content (AvgIpc) is 2.91. The molecule has 0 spiro atoms. The Hall–Kier alpha value is -2.25. The van der Waals surface area contributed by atoms with Crippen molar-refractivity contribution >= 4 is 28.2 Å². The molecule has 2 aromatic rings. The van der Waals surface area contributed by atoms with Gasteiger partial charge in [-0.1, -0.05) is 0 Å². The van der Waals surface area contributed by atoms with Gasteiger partial charge in [-0.15, -0.1) is 11.3 Å². The SMILES string of the molecule is CC(=O)Nc1sc(-c2ccncc2)c(C)c1C(=O)N1CCN(C)CC1. The maximum Gasteiger partial charge on any atom is 0.257 e. The number of amides is 2. The molecule has 2 amide bonds. The second-order valence-electron chi connectivity index (χ2n) is 6.27. The minimum absolute atomic E-state index is 0.00842. The van der Waals surface area contributed by atoms with Crippen molar-refractivity contribution in [1.82, 2.24) is 14.8 Å². The number of rotatable bonds is 3. The Balaban J connectivity index is 2.00. The van der Waals surface area contributed by atoms with Crippen LogP contribution in [0.25, 0.3) is 10.4 Å². The van der Waals surface area contributed by atoms with E-state index in [9.17, 15) is 9.59 Å². The maximum absolute atomic E-state index is 13.1. The van der Waals surface area contributed by atoms with E-state index in [0.717, 1.165) is 29.1 Å². The highest BCUT2D eigenvalue weighted by Crippen LogP contribution is 2.40. The third kappa shape index (κ3) is 3.72. The fraction of sp³-hybridized carbons (Fsp3) is 0.389. The average molecular weight is 358 g/mol. The molecule has 2 aromatic heterocycles. The van der Waals surface area contributed by atoms with Crippen LogP contribution in [0.1, 0.15) is 22.8 Å². The number of pyridine rings is 1. The second kappa shape index (κ2) is 7.33. The van der Waals surface area contributed by atoms with E-state index in [-0.39, 0.29) is 11.8 Å². The normalized spacial score (nSPS) is 15.2. The Kier molecular flexibility index (Phi) is 5.15. The van der Waals surface area contributed by atoms with Gasteiger partial charge in [0.1, 0.15) is 5.00 Å². The van der Waals surface area contributed by atoms with Gasteiger partial charge < -0.3 is 15.1 Å². The van der Waals surface area contributed by atoms with Crippen molar-refractivity contribution in [1.29, 1.82) is 0 Å². The van der Waals surface area contributed by atoms with Gasteiger partial charge in [0, 0.05) is 50.4 Å². The molecule has 0 aromatic carbocycles. The van der Waals surface area contributed by atoms with Gasteiger partial charge in [0.15, 0.2) is 0 Å². The highest BCUT2D eigenvalue weighted by atomic mass is 32.1. The number of hydrogen-bond donors (Lipinski definition) is 1. The predicted molar refractivity (Wildman–Crippen MR) is 100.0 cm³/mol. The van der Waals surface area contributed by atoms with Gasteiger partial charge >= 0.3 is 0 Å². The van der Waals surface area contributed by atoms with Crippen LogP contribution < -0.4 is 5.32 Å². The number of nitrogens with zero attached hydrogens (tertiary/aromatic N) is 3. The smallest absolute Gasteiger partial charge is 0.257 e. The number of piperazine rings is 1. The first kappa shape index (κ1) is 17.6. The highest BCUT2D eigenvalue weighted by molar-refractivity contribution is 7.20. The van der Waals surface area contributed by atoms with E-state index in [4.69, 9.17) is 0 Å². The Morgan fingerprint density at radius 2 is 1.80 bits per heavy atom. The summed E-state index contributed by atoms with van der Waals surface area (Å²) in [5.74, 6) is -0.180. The van der Waals surface area contributed by atoms with Crippen molar-refractivity contribution in [2.75, 3.05) is 38.5 Å². The molecule has 25 heavy (non-hydrogen) atoms. The van der Waals surface area contributed by atoms with Crippen molar-refractivity contribution in [3.05, 3.63) is 35.7 Å². The fourth-order valence-electron chi connectivity index (χ4n) is 2.97. The molecular weight excluding hydrogens is 336 g/mol. The number of likely N-dealkylation sites (N-methyl/N-ethyl adjacent to an activating group) is 1. The lowest BCUT2D eigenvalue weighted by atomic mass is 10.1. The molecule has 0 radical (unpaired) electrons. The van der Waals surface area contributed by atoms with E-state index in [1.807, 2.05) is 24.0 Å². The molecule has 7 heteroatoms. The van der Waals surface area contributed by atoms with Gasteiger partial charge in [-0.05, 0) is 37.2 Å². The number of nitrogens with one attached hydrogen (secondary N) is 1. The summed E-state index contributed by atoms with van der Waals surface area (Å²) in [5.41, 5.74) is 2.52. The van der Waals surface area contributed by atoms with Crippen LogP contribution in [0.15, 0.2) is 24.5 Å². The van der Waals surface area contributed by atoms with Crippen molar-refractivity contribution in [3.8, 4) is 10.4 Å². The van der Waals surface area contributed by atoms with E-state index in [1.54, 1.807) is 12.4 Å². The molecule has 1 aliphatic heterocycles. The monoisotopic (exact) mass is 358 g/mol. The molecule has 0 saturated carbocycles. The zero-order valence-electron chi connectivity index (χ0n) is 14.7. The molecule has 0 aliphatic carbocycles. The van der Waals surface area contributed by atoms with E-state index >= 15 is 0 Å². The maximum atomic E-state index is 13.1. The summed E-state index contributed by atoms with van der Waals surface area (Å²) < 4.78 is 0. The number of carbonyl (C=O) groups excluding carboxylic acids is 2. The summed E-state index contributed by atoms with van der Waals surface area (Å²) in [7, 11) is 2.06. The molecular formula is C18H22N4O2S. The number of thiophene rings is 1. The molecule has 0 unspecified atom stereocenters. The first-order valence-corrected chi connectivity index (χ1v) is 9.08. The molecule has 3 heterocycles. The van der Waals surface area contributed by atoms with Crippen molar-refractivity contribution < 1.29 is 9.59 Å². The lowest BCUT2D eigenvalue weighted by Gasteiger charge is -2.32. The number of carbonyl (C=O) groups is 2. The summed E-state index contributed by atoms with van der Waals surface area (Å²) in [4.78, 5) is 33.9. The fourth-order valence-corrected chi connectivity index (χ4v) is 4.22. The second-order valence-corrected chi connectivity index (χ2v) is 7.29. The van der Waals surface area contributed by atoms with Gasteiger partial charge in [-0.2, -0.15) is 0 Å². The molecule has 0 bridgehead atoms. The minimum atomic E-state index is -0.171. The summed E-state index contributed by atoms with van der Waals surface area (Å²) in [6, 6.07) is 3.83. The Morgan fingerprint density at radius 1 is 1.16 bits per heavy atom. The van der Waals surface area contributed by atoms with Crippen LogP contribution in [-0.2, 0) is 4.79 Å². The Bertz CT molecular complexity index is 780. The van der Waals surface area contributed by atoms with Crippen LogP contribution in [0.2, 0.25) is 0 Å². The summed E-state index contributed by atoms with van der Waals surface area (Å²) >= 11 is 1.44. The Labute approximate surface area is 151 Å². The highest BCUT2D eigenvalue weighted by Gasteiger charge is 2.28. The van der Waals surface area contributed by atoms with E-state index < -0.39 is 0 Å². The molecule has 1 N–H and O–H groups in total. The summed E-state index contributed by atoms with van der Waals surface area (Å²) in [6.07, 6.45) is 3.46. The lowest BCUT2D eigenvalue weighted by molar-refractivity contribution is -0.114. The lowest BCUT2D eigenvalue weighted by Crippen LogP contribution is -2.47. The molecule has 1 fully saturated rings. The first-order valence-electron chi connectivity index (χ1n) is 8.26. The number of hydrogen-bond acceptors (Lipinski definition) is 5. The molecule has 1 saturated heterocycles. The quantitative estimate of drug-likeness (QED) is 0.915. The van der Waals surface area contributed by atoms with Crippen molar-refractivity contribution in [2.24, 2.45) is 0 Å². The molecule has 132 valence electrons. The van der Waals surface area contributed by atoms with Gasteiger partial charge in [0.2, 0.25) is 5.91 Å². The van der Waals surface area contributed by atoms with E-state index in [0.29, 0.717) is 23.7 Å². The molecule has 0 atom stereocenters. The van der Waals surface area contributed by atoms with Crippen molar-refractivity contribution in [3.63, 3.8) is 0 Å². The van der Waals surface area contributed by atoms with Gasteiger partial charge in [-0.3, -0.25) is 14.6 Å². The van der Waals surface area contributed by atoms with Crippen LogP contribution in [0.4, 0.5) is 5.00 Å². The summed E-state index contributed by atoms with van der Waals surface area (Å²) in [6.45, 7) is 6.54. The standard InChI is InChI=1S/C18H22N4O2S/c1-12-15(18(24)22-10-8-21(3)9-11-22)17(20-13(2)23)25-16(12)14-4-6-19-7-5-14/h4-7H,8-11H2,1-3H3,(H,20,23). The van der Waals surface area contributed by atoms with E-state index in [2.05, 4.69) is 22.2 Å². The number of anilines is 1. The molecule has 6 nitrogen and oxygen atoms in total. The van der Waals surface area contributed by atoms with Crippen LogP contribution in [0, 0.1) is 6.92 Å². The Morgan fingerprint density at radius 3 is 2.40 bits per heavy atom. The van der Waals surface area contributed by atoms with Gasteiger partial charge in [0.05, 0.1) is 5.56 Å². The van der Waals surface area contributed by atoms with Crippen molar-refractivity contribution in [2.45, 2.75) is 13.8 Å². The largest absolute Gasteiger partial charge is 0.336 e. The molecule has 3 rings (SSSR count). The first-order chi connectivity index (χ1) is 12.0. The third-order valence-corrected chi connectivity index (χ3v) is 5.64. The van der Waals surface area contributed by atoms with Crippen LogP contribution >= 0.6 is 11.3 Å². The van der Waals surface area contributed by atoms with E-state index in [1.165, 1.54) is 18.3 Å². The summed E-state index contributed by atoms with van der Waals surface area (Å²) in [5, 5.41) is 3.46. The van der Waals surface area contributed by atoms with Crippen LogP contribution in [-0.4, -0.2) is 59.8 Å². The number of aromatic nitrogens is 1. The topological polar surface area (TPSA) is 65.5 Å². The third-order valence-electron chi connectivity index (χ3n) is 4.38. The van der Waals surface area contributed by atoms with Gasteiger partial charge in [-0.25, -0.2) is 0 Å². The predicted octanol–water partition coefficient (Wildman–Crippen LogP) is 2.46.